The molecule has 0 fully saturated rings. The second-order valence-corrected chi connectivity index (χ2v) is 11.2. The zero-order chi connectivity index (χ0) is 24.0. The van der Waals surface area contributed by atoms with Gasteiger partial charge < -0.3 is 9.53 Å². The van der Waals surface area contributed by atoms with Gasteiger partial charge in [0.25, 0.3) is 0 Å². The van der Waals surface area contributed by atoms with Gasteiger partial charge in [-0.05, 0) is 57.9 Å². The molecule has 4 rings (SSSR count). The van der Waals surface area contributed by atoms with Crippen molar-refractivity contribution < 1.29 is 22.7 Å². The van der Waals surface area contributed by atoms with Gasteiger partial charge in [0.05, 0.1) is 22.1 Å². The number of carbonyl (C=O) groups is 2. The molecule has 0 saturated carbocycles. The SMILES string of the molecule is Cc1ccc(S(=O)(=O)N2CCc3c(n(C(=O)OC(C)(C)C)c4ccccc34)C2CC=O)cc1. The molecule has 1 aromatic heterocycles. The standard InChI is InChI=1S/C25H28N2O5S/c1-17-9-11-18(12-10-17)33(30,31)26-15-13-20-19-7-5-6-8-21(19)27(23(20)22(26)14-16-28)24(29)32-25(2,3)4/h5-12,16,22H,13-15H2,1-4H3. The van der Waals surface area contributed by atoms with Crippen molar-refractivity contribution in [3.05, 3.63) is 65.4 Å². The molecule has 2 aromatic carbocycles. The number of sulfonamides is 1. The van der Waals surface area contributed by atoms with Gasteiger partial charge in [-0.1, -0.05) is 35.9 Å². The molecular formula is C25H28N2O5S. The number of hydrogen-bond acceptors (Lipinski definition) is 5. The Hall–Kier alpha value is -2.97. The van der Waals surface area contributed by atoms with Crippen LogP contribution in [0.1, 0.15) is 50.1 Å². The van der Waals surface area contributed by atoms with Gasteiger partial charge in [-0.25, -0.2) is 17.8 Å². The second-order valence-electron chi connectivity index (χ2n) is 9.29. The number of rotatable bonds is 4. The van der Waals surface area contributed by atoms with Crippen LogP contribution in [0.4, 0.5) is 4.79 Å². The van der Waals surface area contributed by atoms with E-state index in [0.717, 1.165) is 16.5 Å². The Morgan fingerprint density at radius 3 is 2.42 bits per heavy atom. The summed E-state index contributed by atoms with van der Waals surface area (Å²) in [5.41, 5.74) is 2.22. The summed E-state index contributed by atoms with van der Waals surface area (Å²) >= 11 is 0. The predicted molar refractivity (Wildman–Crippen MR) is 126 cm³/mol. The summed E-state index contributed by atoms with van der Waals surface area (Å²) in [7, 11) is -3.90. The minimum Gasteiger partial charge on any atom is -0.443 e. The van der Waals surface area contributed by atoms with Gasteiger partial charge in [0.1, 0.15) is 11.9 Å². The third-order valence-corrected chi connectivity index (χ3v) is 7.71. The van der Waals surface area contributed by atoms with E-state index in [1.54, 1.807) is 45.0 Å². The van der Waals surface area contributed by atoms with Crippen LogP contribution in [-0.2, 0) is 26.0 Å². The van der Waals surface area contributed by atoms with Crippen LogP contribution in [0.25, 0.3) is 10.9 Å². The number of aromatic nitrogens is 1. The summed E-state index contributed by atoms with van der Waals surface area (Å²) in [6.07, 6.45) is 0.461. The van der Waals surface area contributed by atoms with Crippen LogP contribution in [0, 0.1) is 6.92 Å². The summed E-state index contributed by atoms with van der Waals surface area (Å²) in [6, 6.07) is 13.2. The van der Waals surface area contributed by atoms with Crippen LogP contribution in [0.15, 0.2) is 53.4 Å². The molecular weight excluding hydrogens is 440 g/mol. The summed E-state index contributed by atoms with van der Waals surface area (Å²) in [6.45, 7) is 7.43. The minimum absolute atomic E-state index is 0.0722. The third kappa shape index (κ3) is 4.20. The second kappa shape index (κ2) is 8.43. The van der Waals surface area contributed by atoms with Gasteiger partial charge in [0, 0.05) is 18.4 Å². The Kier molecular flexibility index (Phi) is 5.92. The van der Waals surface area contributed by atoms with E-state index in [-0.39, 0.29) is 17.9 Å². The summed E-state index contributed by atoms with van der Waals surface area (Å²) in [5.74, 6) is 0. The van der Waals surface area contributed by atoms with E-state index < -0.39 is 27.8 Å². The molecule has 0 saturated heterocycles. The lowest BCUT2D eigenvalue weighted by Gasteiger charge is -2.35. The molecule has 0 spiro atoms. The van der Waals surface area contributed by atoms with Crippen molar-refractivity contribution in [3.63, 3.8) is 0 Å². The van der Waals surface area contributed by atoms with Crippen LogP contribution >= 0.6 is 0 Å². The minimum atomic E-state index is -3.90. The molecule has 7 nitrogen and oxygen atoms in total. The fourth-order valence-electron chi connectivity index (χ4n) is 4.41. The molecule has 0 N–H and O–H groups in total. The number of hydrogen-bond donors (Lipinski definition) is 0. The number of carbonyl (C=O) groups excluding carboxylic acids is 2. The van der Waals surface area contributed by atoms with E-state index in [0.29, 0.717) is 23.9 Å². The molecule has 33 heavy (non-hydrogen) atoms. The maximum atomic E-state index is 13.6. The molecule has 3 aromatic rings. The number of para-hydroxylation sites is 1. The summed E-state index contributed by atoms with van der Waals surface area (Å²) < 4.78 is 35.7. The highest BCUT2D eigenvalue weighted by atomic mass is 32.2. The van der Waals surface area contributed by atoms with Gasteiger partial charge in [-0.2, -0.15) is 4.31 Å². The van der Waals surface area contributed by atoms with Gasteiger partial charge in [-0.15, -0.1) is 0 Å². The first kappa shape index (κ1) is 23.2. The molecule has 0 radical (unpaired) electrons. The molecule has 174 valence electrons. The molecule has 1 aliphatic heterocycles. The topological polar surface area (TPSA) is 85.7 Å². The van der Waals surface area contributed by atoms with Gasteiger partial charge >= 0.3 is 6.09 Å². The van der Waals surface area contributed by atoms with Gasteiger partial charge in [0.2, 0.25) is 10.0 Å². The number of ether oxygens (including phenoxy) is 1. The zero-order valence-corrected chi connectivity index (χ0v) is 20.1. The van der Waals surface area contributed by atoms with Crippen molar-refractivity contribution in [2.24, 2.45) is 0 Å². The van der Waals surface area contributed by atoms with Crippen LogP contribution in [0.3, 0.4) is 0 Å². The highest BCUT2D eigenvalue weighted by molar-refractivity contribution is 7.89. The van der Waals surface area contributed by atoms with Crippen molar-refractivity contribution in [2.45, 2.75) is 57.1 Å². The predicted octanol–water partition coefficient (Wildman–Crippen LogP) is 4.61. The van der Waals surface area contributed by atoms with Crippen molar-refractivity contribution in [3.8, 4) is 0 Å². The molecule has 2 heterocycles. The Morgan fingerprint density at radius 1 is 1.12 bits per heavy atom. The normalized spacial score (nSPS) is 17.0. The van der Waals surface area contributed by atoms with E-state index in [1.807, 2.05) is 31.2 Å². The maximum Gasteiger partial charge on any atom is 0.419 e. The molecule has 1 aliphatic rings. The highest BCUT2D eigenvalue weighted by Crippen LogP contribution is 2.41. The molecule has 0 amide bonds. The quantitative estimate of drug-likeness (QED) is 0.522. The Balaban J connectivity index is 1.92. The van der Waals surface area contributed by atoms with Crippen LogP contribution in [0.2, 0.25) is 0 Å². The average molecular weight is 469 g/mol. The highest BCUT2D eigenvalue weighted by Gasteiger charge is 2.41. The molecule has 0 aliphatic carbocycles. The Labute approximate surface area is 194 Å². The van der Waals surface area contributed by atoms with E-state index >= 15 is 0 Å². The summed E-state index contributed by atoms with van der Waals surface area (Å²) in [5, 5.41) is 0.863. The van der Waals surface area contributed by atoms with Gasteiger partial charge in [-0.3, -0.25) is 0 Å². The number of fused-ring (bicyclic) bond motifs is 3. The number of nitrogens with zero attached hydrogens (tertiary/aromatic N) is 2. The third-order valence-electron chi connectivity index (χ3n) is 5.79. The molecule has 8 heteroatoms. The first-order chi connectivity index (χ1) is 15.5. The van der Waals surface area contributed by atoms with Crippen LogP contribution < -0.4 is 0 Å². The molecule has 1 atom stereocenters. The monoisotopic (exact) mass is 468 g/mol. The largest absolute Gasteiger partial charge is 0.443 e. The summed E-state index contributed by atoms with van der Waals surface area (Å²) in [4.78, 5) is 25.2. The van der Waals surface area contributed by atoms with Crippen LogP contribution in [-0.4, -0.2) is 41.8 Å². The van der Waals surface area contributed by atoms with Crippen molar-refractivity contribution in [2.75, 3.05) is 6.54 Å². The van der Waals surface area contributed by atoms with Crippen molar-refractivity contribution >= 4 is 33.3 Å². The Morgan fingerprint density at radius 2 is 1.79 bits per heavy atom. The maximum absolute atomic E-state index is 13.6. The first-order valence-corrected chi connectivity index (χ1v) is 12.4. The lowest BCUT2D eigenvalue weighted by Crippen LogP contribution is -2.42. The first-order valence-electron chi connectivity index (χ1n) is 10.9. The van der Waals surface area contributed by atoms with Crippen molar-refractivity contribution in [1.29, 1.82) is 0 Å². The molecule has 0 bridgehead atoms. The fraction of sp³-hybridized carbons (Fsp3) is 0.360. The van der Waals surface area contributed by atoms with Gasteiger partial charge in [0.15, 0.2) is 0 Å². The number of aryl methyl sites for hydroxylation is 1. The average Bonchev–Trinajstić information content (AvgIpc) is 3.08. The van der Waals surface area contributed by atoms with E-state index in [4.69, 9.17) is 4.74 Å². The Bertz CT molecular complexity index is 1320. The number of benzene rings is 2. The fourth-order valence-corrected chi connectivity index (χ4v) is 6.01. The number of aldehydes is 1. The van der Waals surface area contributed by atoms with E-state index in [1.165, 1.54) is 8.87 Å². The smallest absolute Gasteiger partial charge is 0.419 e. The molecule has 1 unspecified atom stereocenters. The zero-order valence-electron chi connectivity index (χ0n) is 19.2. The van der Waals surface area contributed by atoms with Crippen molar-refractivity contribution in [1.82, 2.24) is 8.87 Å². The lowest BCUT2D eigenvalue weighted by atomic mass is 9.97. The van der Waals surface area contributed by atoms with E-state index in [2.05, 4.69) is 0 Å². The van der Waals surface area contributed by atoms with E-state index in [9.17, 15) is 18.0 Å². The van der Waals surface area contributed by atoms with Crippen LogP contribution in [0.5, 0.6) is 0 Å². The lowest BCUT2D eigenvalue weighted by molar-refractivity contribution is -0.108.